The highest BCUT2D eigenvalue weighted by molar-refractivity contribution is 5.96. The number of aryl methyl sites for hydroxylation is 2. The minimum absolute atomic E-state index is 0.178. The van der Waals surface area contributed by atoms with E-state index in [1.165, 1.54) is 0 Å². The molecule has 1 aliphatic rings. The van der Waals surface area contributed by atoms with E-state index in [-0.39, 0.29) is 24.0 Å². The molecule has 6 heteroatoms. The number of amides is 1. The minimum atomic E-state index is -0.299. The van der Waals surface area contributed by atoms with E-state index in [0.29, 0.717) is 29.9 Å². The highest BCUT2D eigenvalue weighted by Crippen LogP contribution is 2.38. The molecule has 1 amide bonds. The SMILES string of the molecule is Cc1noc(C)c1C(=O)N[C@H](c1cnc2ccccc2c1)C1CC(O)C1. The summed E-state index contributed by atoms with van der Waals surface area (Å²) in [6.07, 6.45) is 2.84. The molecular weight excluding hydrogens is 330 g/mol. The number of aliphatic hydroxyl groups is 1. The number of pyridine rings is 1. The number of aliphatic hydroxyl groups excluding tert-OH is 1. The fourth-order valence-electron chi connectivity index (χ4n) is 3.65. The third kappa shape index (κ3) is 2.97. The van der Waals surface area contributed by atoms with Gasteiger partial charge in [-0.3, -0.25) is 9.78 Å². The van der Waals surface area contributed by atoms with Crippen LogP contribution in [0.15, 0.2) is 41.1 Å². The maximum absolute atomic E-state index is 12.8. The van der Waals surface area contributed by atoms with Gasteiger partial charge in [-0.2, -0.15) is 0 Å². The molecule has 134 valence electrons. The molecule has 6 nitrogen and oxygen atoms in total. The van der Waals surface area contributed by atoms with Gasteiger partial charge in [-0.1, -0.05) is 23.4 Å². The van der Waals surface area contributed by atoms with E-state index < -0.39 is 0 Å². The van der Waals surface area contributed by atoms with Gasteiger partial charge in [0.05, 0.1) is 23.4 Å². The van der Waals surface area contributed by atoms with Gasteiger partial charge in [0.15, 0.2) is 0 Å². The summed E-state index contributed by atoms with van der Waals surface area (Å²) in [5.74, 6) is 0.474. The van der Waals surface area contributed by atoms with Gasteiger partial charge in [0.25, 0.3) is 5.91 Å². The molecule has 2 N–H and O–H groups in total. The predicted molar refractivity (Wildman–Crippen MR) is 96.7 cm³/mol. The number of fused-ring (bicyclic) bond motifs is 1. The van der Waals surface area contributed by atoms with Crippen LogP contribution in [0.5, 0.6) is 0 Å². The van der Waals surface area contributed by atoms with Crippen molar-refractivity contribution < 1.29 is 14.4 Å². The molecule has 1 fully saturated rings. The zero-order valence-electron chi connectivity index (χ0n) is 14.8. The molecular formula is C20H21N3O3. The van der Waals surface area contributed by atoms with Crippen LogP contribution < -0.4 is 5.32 Å². The fraction of sp³-hybridized carbons (Fsp3) is 0.350. The first-order valence-electron chi connectivity index (χ1n) is 8.79. The molecule has 2 aromatic heterocycles. The summed E-state index contributed by atoms with van der Waals surface area (Å²) in [6, 6.07) is 9.74. The molecule has 2 heterocycles. The van der Waals surface area contributed by atoms with E-state index in [1.54, 1.807) is 13.8 Å². The summed E-state index contributed by atoms with van der Waals surface area (Å²) < 4.78 is 5.12. The zero-order chi connectivity index (χ0) is 18.3. The van der Waals surface area contributed by atoms with Crippen LogP contribution in [0.3, 0.4) is 0 Å². The number of para-hydroxylation sites is 1. The lowest BCUT2D eigenvalue weighted by molar-refractivity contribution is 0.0234. The van der Waals surface area contributed by atoms with Crippen molar-refractivity contribution in [2.45, 2.75) is 38.8 Å². The van der Waals surface area contributed by atoms with E-state index in [4.69, 9.17) is 4.52 Å². The molecule has 0 bridgehead atoms. The predicted octanol–water partition coefficient (Wildman–Crippen LogP) is 3.08. The fourth-order valence-corrected chi connectivity index (χ4v) is 3.65. The average Bonchev–Trinajstić information content (AvgIpc) is 2.95. The zero-order valence-corrected chi connectivity index (χ0v) is 14.8. The van der Waals surface area contributed by atoms with E-state index in [0.717, 1.165) is 16.5 Å². The van der Waals surface area contributed by atoms with Gasteiger partial charge in [0.2, 0.25) is 0 Å². The summed E-state index contributed by atoms with van der Waals surface area (Å²) in [5, 5.41) is 17.7. The van der Waals surface area contributed by atoms with Crippen LogP contribution in [0.2, 0.25) is 0 Å². The van der Waals surface area contributed by atoms with Crippen LogP contribution in [0.4, 0.5) is 0 Å². The second-order valence-corrected chi connectivity index (χ2v) is 7.00. The number of carbonyl (C=O) groups excluding carboxylic acids is 1. The number of carbonyl (C=O) groups is 1. The number of nitrogens with one attached hydrogen (secondary N) is 1. The summed E-state index contributed by atoms with van der Waals surface area (Å²) in [6.45, 7) is 3.49. The first-order chi connectivity index (χ1) is 12.5. The van der Waals surface area contributed by atoms with Crippen LogP contribution in [-0.4, -0.2) is 27.3 Å². The summed E-state index contributed by atoms with van der Waals surface area (Å²) >= 11 is 0. The lowest BCUT2D eigenvalue weighted by Gasteiger charge is -2.38. The number of benzene rings is 1. The number of aromatic nitrogens is 2. The van der Waals surface area contributed by atoms with E-state index in [9.17, 15) is 9.90 Å². The van der Waals surface area contributed by atoms with Crippen molar-refractivity contribution in [3.8, 4) is 0 Å². The summed E-state index contributed by atoms with van der Waals surface area (Å²) in [5.41, 5.74) is 2.91. The molecule has 0 spiro atoms. The number of hydrogen-bond acceptors (Lipinski definition) is 5. The topological polar surface area (TPSA) is 88.3 Å². The van der Waals surface area contributed by atoms with Gasteiger partial charge in [-0.25, -0.2) is 0 Å². The lowest BCUT2D eigenvalue weighted by atomic mass is 9.75. The van der Waals surface area contributed by atoms with E-state index >= 15 is 0 Å². The van der Waals surface area contributed by atoms with Gasteiger partial charge in [0.1, 0.15) is 11.3 Å². The Kier molecular flexibility index (Phi) is 4.20. The van der Waals surface area contributed by atoms with Crippen LogP contribution >= 0.6 is 0 Å². The molecule has 0 aliphatic heterocycles. The molecule has 4 rings (SSSR count). The molecule has 3 aromatic rings. The second-order valence-electron chi connectivity index (χ2n) is 7.00. The van der Waals surface area contributed by atoms with Crippen LogP contribution in [-0.2, 0) is 0 Å². The third-order valence-corrected chi connectivity index (χ3v) is 5.14. The Morgan fingerprint density at radius 1 is 1.31 bits per heavy atom. The van der Waals surface area contributed by atoms with Gasteiger partial charge in [-0.05, 0) is 50.3 Å². The Balaban J connectivity index is 1.67. The van der Waals surface area contributed by atoms with Crippen molar-refractivity contribution in [2.75, 3.05) is 0 Å². The number of nitrogens with zero attached hydrogens (tertiary/aromatic N) is 2. The van der Waals surface area contributed by atoms with E-state index in [1.807, 2.05) is 30.5 Å². The Morgan fingerprint density at radius 2 is 2.08 bits per heavy atom. The van der Waals surface area contributed by atoms with Crippen LogP contribution in [0.1, 0.15) is 46.3 Å². The first kappa shape index (κ1) is 16.7. The monoisotopic (exact) mass is 351 g/mol. The molecule has 1 aromatic carbocycles. The Bertz CT molecular complexity index is 940. The maximum atomic E-state index is 12.8. The molecule has 0 saturated heterocycles. The van der Waals surface area contributed by atoms with Gasteiger partial charge in [-0.15, -0.1) is 0 Å². The standard InChI is InChI=1S/C20H21N3O3/c1-11-18(12(2)26-23-11)20(25)22-19(14-8-16(24)9-14)15-7-13-5-3-4-6-17(13)21-10-15/h3-7,10,14,16,19,24H,8-9H2,1-2H3,(H,22,25)/t14?,16?,19-/m0/s1. The number of rotatable bonds is 4. The molecule has 0 radical (unpaired) electrons. The Morgan fingerprint density at radius 3 is 2.77 bits per heavy atom. The minimum Gasteiger partial charge on any atom is -0.393 e. The third-order valence-electron chi connectivity index (χ3n) is 5.14. The first-order valence-corrected chi connectivity index (χ1v) is 8.79. The highest BCUT2D eigenvalue weighted by Gasteiger charge is 2.36. The van der Waals surface area contributed by atoms with Crippen molar-refractivity contribution in [2.24, 2.45) is 5.92 Å². The average molecular weight is 351 g/mol. The molecule has 1 aliphatic carbocycles. The molecule has 1 saturated carbocycles. The molecule has 1 atom stereocenters. The number of hydrogen-bond donors (Lipinski definition) is 2. The Labute approximate surface area is 151 Å². The second kappa shape index (κ2) is 6.53. The van der Waals surface area contributed by atoms with Crippen molar-refractivity contribution in [3.63, 3.8) is 0 Å². The maximum Gasteiger partial charge on any atom is 0.257 e. The van der Waals surface area contributed by atoms with Crippen molar-refractivity contribution in [1.82, 2.24) is 15.5 Å². The molecule has 0 unspecified atom stereocenters. The van der Waals surface area contributed by atoms with Crippen molar-refractivity contribution in [1.29, 1.82) is 0 Å². The quantitative estimate of drug-likeness (QED) is 0.754. The largest absolute Gasteiger partial charge is 0.393 e. The van der Waals surface area contributed by atoms with E-state index in [2.05, 4.69) is 21.5 Å². The van der Waals surface area contributed by atoms with Crippen LogP contribution in [0, 0.1) is 19.8 Å². The summed E-state index contributed by atoms with van der Waals surface area (Å²) in [4.78, 5) is 17.3. The molecule has 26 heavy (non-hydrogen) atoms. The van der Waals surface area contributed by atoms with Gasteiger partial charge < -0.3 is 14.9 Å². The summed E-state index contributed by atoms with van der Waals surface area (Å²) in [7, 11) is 0. The van der Waals surface area contributed by atoms with Gasteiger partial charge in [0, 0.05) is 11.6 Å². The lowest BCUT2D eigenvalue weighted by Crippen LogP contribution is -2.41. The normalized spacial score (nSPS) is 20.6. The van der Waals surface area contributed by atoms with Crippen molar-refractivity contribution >= 4 is 16.8 Å². The Hall–Kier alpha value is -2.73. The van der Waals surface area contributed by atoms with Crippen molar-refractivity contribution in [3.05, 3.63) is 59.1 Å². The van der Waals surface area contributed by atoms with Gasteiger partial charge >= 0.3 is 0 Å². The van der Waals surface area contributed by atoms with Crippen LogP contribution in [0.25, 0.3) is 10.9 Å². The smallest absolute Gasteiger partial charge is 0.257 e. The highest BCUT2D eigenvalue weighted by atomic mass is 16.5.